The molecule has 0 fully saturated rings. The highest BCUT2D eigenvalue weighted by Gasteiger charge is 1.98. The average Bonchev–Trinajstić information content (AvgIpc) is 2.25. The van der Waals surface area contributed by atoms with Crippen molar-refractivity contribution in [3.63, 3.8) is 0 Å². The topological polar surface area (TPSA) is 38.4 Å². The Morgan fingerprint density at radius 1 is 1.47 bits per heavy atom. The second kappa shape index (κ2) is 6.75. The highest BCUT2D eigenvalue weighted by molar-refractivity contribution is 8.13. The standard InChI is InChI=1S/C11H15ClN2S/c1-2-7-15-11(13)14-8-9-5-3-4-6-10(9)12/h3-6H,2,7-8H2,1H3,(H2,13,14). The highest BCUT2D eigenvalue weighted by atomic mass is 35.5. The monoisotopic (exact) mass is 242 g/mol. The summed E-state index contributed by atoms with van der Waals surface area (Å²) in [6.07, 6.45) is 1.10. The van der Waals surface area contributed by atoms with Gasteiger partial charge in [-0.2, -0.15) is 0 Å². The van der Waals surface area contributed by atoms with Gasteiger partial charge in [-0.3, -0.25) is 4.99 Å². The van der Waals surface area contributed by atoms with Gasteiger partial charge < -0.3 is 5.73 Å². The van der Waals surface area contributed by atoms with Crippen LogP contribution < -0.4 is 5.73 Å². The van der Waals surface area contributed by atoms with Gasteiger partial charge in [-0.1, -0.05) is 48.5 Å². The summed E-state index contributed by atoms with van der Waals surface area (Å²) in [6.45, 7) is 2.68. The van der Waals surface area contributed by atoms with Gasteiger partial charge >= 0.3 is 0 Å². The molecular formula is C11H15ClN2S. The smallest absolute Gasteiger partial charge is 0.154 e. The normalized spacial score (nSPS) is 11.7. The second-order valence-corrected chi connectivity index (χ2v) is 4.62. The van der Waals surface area contributed by atoms with Gasteiger partial charge in [0.2, 0.25) is 0 Å². The molecule has 1 rings (SSSR count). The molecule has 2 N–H and O–H groups in total. The maximum Gasteiger partial charge on any atom is 0.154 e. The molecule has 0 aliphatic carbocycles. The molecule has 0 heterocycles. The lowest BCUT2D eigenvalue weighted by Gasteiger charge is -2.01. The summed E-state index contributed by atoms with van der Waals surface area (Å²) in [7, 11) is 0. The fourth-order valence-corrected chi connectivity index (χ4v) is 1.81. The quantitative estimate of drug-likeness (QED) is 0.650. The van der Waals surface area contributed by atoms with Crippen molar-refractivity contribution in [2.24, 2.45) is 10.7 Å². The molecule has 0 saturated carbocycles. The molecule has 15 heavy (non-hydrogen) atoms. The molecule has 0 amide bonds. The lowest BCUT2D eigenvalue weighted by atomic mass is 10.2. The van der Waals surface area contributed by atoms with Crippen molar-refractivity contribution in [2.45, 2.75) is 19.9 Å². The van der Waals surface area contributed by atoms with E-state index in [4.69, 9.17) is 17.3 Å². The first-order valence-corrected chi connectivity index (χ1v) is 6.26. The van der Waals surface area contributed by atoms with Crippen LogP contribution in [-0.4, -0.2) is 10.9 Å². The highest BCUT2D eigenvalue weighted by Crippen LogP contribution is 2.16. The molecule has 82 valence electrons. The maximum absolute atomic E-state index is 6.00. The fourth-order valence-electron chi connectivity index (χ4n) is 1.04. The predicted molar refractivity (Wildman–Crippen MR) is 69.5 cm³/mol. The lowest BCUT2D eigenvalue weighted by molar-refractivity contribution is 1.07. The molecule has 1 aromatic rings. The first-order chi connectivity index (χ1) is 7.24. The first-order valence-electron chi connectivity index (χ1n) is 4.90. The minimum atomic E-state index is 0.558. The molecule has 0 atom stereocenters. The molecule has 0 radical (unpaired) electrons. The minimum absolute atomic E-state index is 0.558. The summed E-state index contributed by atoms with van der Waals surface area (Å²) < 4.78 is 0. The van der Waals surface area contributed by atoms with Crippen molar-refractivity contribution in [2.75, 3.05) is 5.75 Å². The maximum atomic E-state index is 6.00. The van der Waals surface area contributed by atoms with E-state index in [1.165, 1.54) is 0 Å². The van der Waals surface area contributed by atoms with Crippen molar-refractivity contribution >= 4 is 28.5 Å². The lowest BCUT2D eigenvalue weighted by Crippen LogP contribution is -2.07. The molecule has 0 spiro atoms. The number of halogens is 1. The molecule has 0 unspecified atom stereocenters. The van der Waals surface area contributed by atoms with E-state index in [-0.39, 0.29) is 0 Å². The van der Waals surface area contributed by atoms with E-state index in [0.29, 0.717) is 11.7 Å². The Morgan fingerprint density at radius 2 is 2.20 bits per heavy atom. The third-order valence-electron chi connectivity index (χ3n) is 1.82. The van der Waals surface area contributed by atoms with E-state index in [1.54, 1.807) is 11.8 Å². The van der Waals surface area contributed by atoms with E-state index >= 15 is 0 Å². The van der Waals surface area contributed by atoms with Crippen LogP contribution in [0.1, 0.15) is 18.9 Å². The van der Waals surface area contributed by atoms with Gasteiger partial charge in [0.05, 0.1) is 6.54 Å². The SMILES string of the molecule is CCCSC(N)=NCc1ccccc1Cl. The largest absolute Gasteiger partial charge is 0.379 e. The summed E-state index contributed by atoms with van der Waals surface area (Å²) in [6, 6.07) is 7.68. The zero-order chi connectivity index (χ0) is 11.1. The van der Waals surface area contributed by atoms with Crippen LogP contribution in [0.3, 0.4) is 0 Å². The van der Waals surface area contributed by atoms with Crippen LogP contribution in [0, 0.1) is 0 Å². The summed E-state index contributed by atoms with van der Waals surface area (Å²) in [5.74, 6) is 1.01. The van der Waals surface area contributed by atoms with Crippen LogP contribution >= 0.6 is 23.4 Å². The van der Waals surface area contributed by atoms with Crippen molar-refractivity contribution in [3.05, 3.63) is 34.9 Å². The number of hydrogen-bond acceptors (Lipinski definition) is 2. The minimum Gasteiger partial charge on any atom is -0.379 e. The van der Waals surface area contributed by atoms with Crippen LogP contribution in [0.25, 0.3) is 0 Å². The van der Waals surface area contributed by atoms with Gasteiger partial charge in [0, 0.05) is 10.8 Å². The summed E-state index contributed by atoms with van der Waals surface area (Å²) in [5, 5.41) is 1.38. The number of aliphatic imine (C=N–C) groups is 1. The Bertz CT molecular complexity index is 339. The summed E-state index contributed by atoms with van der Waals surface area (Å²) in [4.78, 5) is 4.27. The van der Waals surface area contributed by atoms with E-state index in [0.717, 1.165) is 22.8 Å². The Morgan fingerprint density at radius 3 is 2.87 bits per heavy atom. The zero-order valence-electron chi connectivity index (χ0n) is 8.74. The first kappa shape index (κ1) is 12.4. The number of amidine groups is 1. The molecular weight excluding hydrogens is 228 g/mol. The Balaban J connectivity index is 2.52. The van der Waals surface area contributed by atoms with Gasteiger partial charge in [0.15, 0.2) is 5.17 Å². The third-order valence-corrected chi connectivity index (χ3v) is 3.22. The van der Waals surface area contributed by atoms with Crippen LogP contribution in [0.5, 0.6) is 0 Å². The van der Waals surface area contributed by atoms with E-state index < -0.39 is 0 Å². The van der Waals surface area contributed by atoms with E-state index in [9.17, 15) is 0 Å². The van der Waals surface area contributed by atoms with Crippen LogP contribution in [0.4, 0.5) is 0 Å². The van der Waals surface area contributed by atoms with Crippen LogP contribution in [0.15, 0.2) is 29.3 Å². The van der Waals surface area contributed by atoms with Gasteiger partial charge in [-0.15, -0.1) is 0 Å². The van der Waals surface area contributed by atoms with Crippen molar-refractivity contribution in [1.82, 2.24) is 0 Å². The van der Waals surface area contributed by atoms with Crippen molar-refractivity contribution in [1.29, 1.82) is 0 Å². The molecule has 1 aromatic carbocycles. The summed E-state index contributed by atoms with van der Waals surface area (Å²) in [5.41, 5.74) is 6.74. The number of benzene rings is 1. The Hall–Kier alpha value is -0.670. The number of nitrogens with zero attached hydrogens (tertiary/aromatic N) is 1. The third kappa shape index (κ3) is 4.58. The average molecular weight is 243 g/mol. The van der Waals surface area contributed by atoms with Crippen LogP contribution in [0.2, 0.25) is 5.02 Å². The van der Waals surface area contributed by atoms with E-state index in [2.05, 4.69) is 11.9 Å². The number of rotatable bonds is 4. The molecule has 0 saturated heterocycles. The zero-order valence-corrected chi connectivity index (χ0v) is 10.3. The van der Waals surface area contributed by atoms with Gasteiger partial charge in [0.25, 0.3) is 0 Å². The number of thioether (sulfide) groups is 1. The fraction of sp³-hybridized carbons (Fsp3) is 0.364. The van der Waals surface area contributed by atoms with Crippen molar-refractivity contribution in [3.8, 4) is 0 Å². The molecule has 0 aromatic heterocycles. The van der Waals surface area contributed by atoms with Gasteiger partial charge in [-0.05, 0) is 18.1 Å². The second-order valence-electron chi connectivity index (χ2n) is 3.09. The van der Waals surface area contributed by atoms with E-state index in [1.807, 2.05) is 24.3 Å². The Labute approximate surface area is 99.9 Å². The molecule has 4 heteroatoms. The van der Waals surface area contributed by atoms with Crippen molar-refractivity contribution < 1.29 is 0 Å². The summed E-state index contributed by atoms with van der Waals surface area (Å²) >= 11 is 7.58. The molecule has 0 aliphatic heterocycles. The Kier molecular flexibility index (Phi) is 5.58. The number of hydrogen-bond donors (Lipinski definition) is 1. The number of nitrogens with two attached hydrogens (primary N) is 1. The van der Waals surface area contributed by atoms with Gasteiger partial charge in [0.1, 0.15) is 0 Å². The molecule has 0 bridgehead atoms. The van der Waals surface area contributed by atoms with Gasteiger partial charge in [-0.25, -0.2) is 0 Å². The van der Waals surface area contributed by atoms with Crippen LogP contribution in [-0.2, 0) is 6.54 Å². The molecule has 0 aliphatic rings. The molecule has 2 nitrogen and oxygen atoms in total. The predicted octanol–water partition coefficient (Wildman–Crippen LogP) is 3.30.